The molecule has 0 heterocycles. The number of ketones is 1. The fourth-order valence-corrected chi connectivity index (χ4v) is 0.951. The molecule has 0 amide bonds. The molecule has 0 atom stereocenters. The predicted octanol–water partition coefficient (Wildman–Crippen LogP) is 1.07. The lowest BCUT2D eigenvalue weighted by Crippen LogP contribution is -2.62. The Bertz CT molecular complexity index is 303. The van der Waals surface area contributed by atoms with Gasteiger partial charge in [0, 0.05) is 13.8 Å². The molecule has 0 fully saturated rings. The average molecular weight is 214 g/mol. The van der Waals surface area contributed by atoms with E-state index in [9.17, 15) is 9.59 Å². The maximum atomic E-state index is 11.5. The van der Waals surface area contributed by atoms with Crippen LogP contribution in [0.5, 0.6) is 0 Å². The molecule has 0 saturated carbocycles. The first kappa shape index (κ1) is 13.8. The summed E-state index contributed by atoms with van der Waals surface area (Å²) in [6.45, 7) is 8.57. The second-order valence-corrected chi connectivity index (χ2v) is 4.91. The predicted molar refractivity (Wildman–Crippen MR) is 58.5 cm³/mol. The van der Waals surface area contributed by atoms with Crippen molar-refractivity contribution < 1.29 is 19.2 Å². The molecule has 0 rings (SSSR count). The van der Waals surface area contributed by atoms with E-state index in [4.69, 9.17) is 5.11 Å². The van der Waals surface area contributed by atoms with Gasteiger partial charge in [0.15, 0.2) is 5.54 Å². The highest BCUT2D eigenvalue weighted by Crippen LogP contribution is 2.20. The Morgan fingerprint density at radius 3 is 2.00 bits per heavy atom. The first-order chi connectivity index (χ1) is 6.52. The smallest absolute Gasteiger partial charge is 0.365 e. The Morgan fingerprint density at radius 1 is 1.33 bits per heavy atom. The number of Topliss-reactive ketones (excluding diaryl/α,β-unsaturated/α-hetero) is 1. The van der Waals surface area contributed by atoms with E-state index in [1.165, 1.54) is 0 Å². The molecule has 0 unspecified atom stereocenters. The maximum Gasteiger partial charge on any atom is 0.365 e. The van der Waals surface area contributed by atoms with Crippen molar-refractivity contribution in [3.05, 3.63) is 12.2 Å². The Labute approximate surface area is 90.8 Å². The van der Waals surface area contributed by atoms with Crippen LogP contribution in [0, 0.1) is 0 Å². The molecule has 1 N–H and O–H groups in total. The summed E-state index contributed by atoms with van der Waals surface area (Å²) >= 11 is 0. The van der Waals surface area contributed by atoms with Gasteiger partial charge in [-0.3, -0.25) is 4.79 Å². The van der Waals surface area contributed by atoms with Gasteiger partial charge in [-0.1, -0.05) is 6.58 Å². The van der Waals surface area contributed by atoms with Gasteiger partial charge < -0.3 is 9.59 Å². The minimum absolute atomic E-state index is 0.102. The third kappa shape index (κ3) is 2.89. The van der Waals surface area contributed by atoms with Crippen LogP contribution < -0.4 is 0 Å². The van der Waals surface area contributed by atoms with Crippen LogP contribution >= 0.6 is 0 Å². The molecule has 0 aromatic heterocycles. The molecule has 0 aliphatic rings. The molecular weight excluding hydrogens is 194 g/mol. The van der Waals surface area contributed by atoms with E-state index in [2.05, 4.69) is 6.58 Å². The number of nitrogens with zero attached hydrogens (tertiary/aromatic N) is 1. The van der Waals surface area contributed by atoms with Crippen LogP contribution in [0.3, 0.4) is 0 Å². The van der Waals surface area contributed by atoms with Crippen LogP contribution in [0.2, 0.25) is 0 Å². The number of carbonyl (C=O) groups excluding carboxylic acids is 1. The number of aliphatic carboxylic acids is 1. The van der Waals surface area contributed by atoms with Crippen LogP contribution in [0.4, 0.5) is 0 Å². The van der Waals surface area contributed by atoms with E-state index in [-0.39, 0.29) is 16.8 Å². The summed E-state index contributed by atoms with van der Waals surface area (Å²) in [6.07, 6.45) is 0. The van der Waals surface area contributed by atoms with E-state index in [1.54, 1.807) is 34.9 Å². The number of quaternary nitrogens is 1. The highest BCUT2D eigenvalue weighted by molar-refractivity contribution is 5.95. The van der Waals surface area contributed by atoms with E-state index >= 15 is 0 Å². The third-order valence-electron chi connectivity index (χ3n) is 3.05. The van der Waals surface area contributed by atoms with Crippen molar-refractivity contribution in [2.75, 3.05) is 20.6 Å². The normalized spacial score (nSPS) is 12.3. The lowest BCUT2D eigenvalue weighted by atomic mass is 9.99. The molecule has 0 bridgehead atoms. The molecule has 0 aromatic rings. The lowest BCUT2D eigenvalue weighted by molar-refractivity contribution is -0.920. The summed E-state index contributed by atoms with van der Waals surface area (Å²) < 4.78 is 0.105. The summed E-state index contributed by atoms with van der Waals surface area (Å²) in [5.41, 5.74) is -0.534. The van der Waals surface area contributed by atoms with E-state index in [1.807, 2.05) is 0 Å². The number of carbonyl (C=O) groups is 2. The number of hydrogen-bond donors (Lipinski definition) is 1. The van der Waals surface area contributed by atoms with Crippen molar-refractivity contribution in [3.63, 3.8) is 0 Å². The van der Waals surface area contributed by atoms with Gasteiger partial charge in [0.05, 0.1) is 14.1 Å². The molecule has 15 heavy (non-hydrogen) atoms. The Balaban J connectivity index is 4.91. The minimum atomic E-state index is -0.995. The van der Waals surface area contributed by atoms with Crippen LogP contribution in [-0.4, -0.2) is 47.5 Å². The molecule has 4 nitrogen and oxygen atoms in total. The molecular formula is C11H20NO3+. The zero-order chi connectivity index (χ0) is 12.4. The van der Waals surface area contributed by atoms with Crippen molar-refractivity contribution in [1.82, 2.24) is 0 Å². The molecule has 0 radical (unpaired) electrons. The van der Waals surface area contributed by atoms with E-state index in [0.717, 1.165) is 0 Å². The van der Waals surface area contributed by atoms with Gasteiger partial charge in [0.1, 0.15) is 6.54 Å². The highest BCUT2D eigenvalue weighted by atomic mass is 16.4. The summed E-state index contributed by atoms with van der Waals surface area (Å²) in [5.74, 6) is -1.02. The monoisotopic (exact) mass is 214 g/mol. The summed E-state index contributed by atoms with van der Waals surface area (Å²) in [6, 6.07) is 0. The highest BCUT2D eigenvalue weighted by Gasteiger charge is 2.44. The second kappa shape index (κ2) is 4.14. The van der Waals surface area contributed by atoms with Gasteiger partial charge >= 0.3 is 5.97 Å². The topological polar surface area (TPSA) is 54.4 Å². The summed E-state index contributed by atoms with van der Waals surface area (Å²) in [7, 11) is 3.46. The Hall–Kier alpha value is -1.16. The fraction of sp³-hybridized carbons (Fsp3) is 0.636. The van der Waals surface area contributed by atoms with Crippen molar-refractivity contribution in [2.24, 2.45) is 0 Å². The maximum absolute atomic E-state index is 11.5. The number of hydrogen-bond acceptors (Lipinski definition) is 2. The van der Waals surface area contributed by atoms with Gasteiger partial charge in [-0.05, 0) is 12.5 Å². The Kier molecular flexibility index (Phi) is 3.82. The summed E-state index contributed by atoms with van der Waals surface area (Å²) in [4.78, 5) is 22.6. The van der Waals surface area contributed by atoms with Gasteiger partial charge in [-0.25, -0.2) is 4.79 Å². The quantitative estimate of drug-likeness (QED) is 0.550. The lowest BCUT2D eigenvalue weighted by Gasteiger charge is -2.40. The second-order valence-electron chi connectivity index (χ2n) is 4.91. The average Bonchev–Trinajstić information content (AvgIpc) is 2.02. The van der Waals surface area contributed by atoms with Crippen molar-refractivity contribution in [2.45, 2.75) is 26.3 Å². The van der Waals surface area contributed by atoms with Crippen molar-refractivity contribution >= 4 is 11.8 Å². The Morgan fingerprint density at radius 2 is 1.73 bits per heavy atom. The number of likely N-dealkylation sites (N-methyl/N-ethyl adjacent to an activating group) is 1. The van der Waals surface area contributed by atoms with Crippen LogP contribution in [0.25, 0.3) is 0 Å². The first-order valence-corrected chi connectivity index (χ1v) is 4.77. The molecule has 0 saturated heterocycles. The zero-order valence-corrected chi connectivity index (χ0v) is 10.1. The molecule has 0 aromatic carbocycles. The van der Waals surface area contributed by atoms with E-state index < -0.39 is 11.5 Å². The van der Waals surface area contributed by atoms with Gasteiger partial charge in [-0.15, -0.1) is 0 Å². The third-order valence-corrected chi connectivity index (χ3v) is 3.05. The minimum Gasteiger partial charge on any atom is -0.477 e. The number of rotatable bonds is 5. The summed E-state index contributed by atoms with van der Waals surface area (Å²) in [5, 5.41) is 9.08. The molecule has 86 valence electrons. The van der Waals surface area contributed by atoms with Crippen LogP contribution in [0.1, 0.15) is 20.8 Å². The van der Waals surface area contributed by atoms with Crippen LogP contribution in [-0.2, 0) is 9.59 Å². The largest absolute Gasteiger partial charge is 0.477 e. The number of carboxylic acids is 1. The standard InChI is InChI=1S/C11H19NO3/c1-8(2)9(13)7-12(5,6)11(3,4)10(14)15/h1,7H2,2-6H3/p+1. The van der Waals surface area contributed by atoms with Crippen molar-refractivity contribution in [1.29, 1.82) is 0 Å². The van der Waals surface area contributed by atoms with Gasteiger partial charge in [0.25, 0.3) is 0 Å². The van der Waals surface area contributed by atoms with Crippen molar-refractivity contribution in [3.8, 4) is 0 Å². The molecule has 0 aliphatic carbocycles. The van der Waals surface area contributed by atoms with E-state index in [0.29, 0.717) is 5.57 Å². The SMILES string of the molecule is C=C(C)C(=O)C[N+](C)(C)C(C)(C)C(=O)O. The zero-order valence-electron chi connectivity index (χ0n) is 10.1. The molecule has 0 spiro atoms. The van der Waals surface area contributed by atoms with Gasteiger partial charge in [0.2, 0.25) is 5.78 Å². The fourth-order valence-electron chi connectivity index (χ4n) is 0.951. The first-order valence-electron chi connectivity index (χ1n) is 4.77. The van der Waals surface area contributed by atoms with Gasteiger partial charge in [-0.2, -0.15) is 0 Å². The van der Waals surface area contributed by atoms with Crippen LogP contribution in [0.15, 0.2) is 12.2 Å². The molecule has 4 heteroatoms. The molecule has 0 aliphatic heterocycles. The number of carboxylic acid groups (broad SMARTS) is 1.